The predicted octanol–water partition coefficient (Wildman–Crippen LogP) is 1.98. The number of aromatic nitrogens is 4. The summed E-state index contributed by atoms with van der Waals surface area (Å²) >= 11 is 0. The Morgan fingerprint density at radius 2 is 2.11 bits per heavy atom. The lowest BCUT2D eigenvalue weighted by Gasteiger charge is -2.07. The molecular formula is C13H19N5O. The topological polar surface area (TPSA) is 64.9 Å². The van der Waals surface area contributed by atoms with E-state index in [0.717, 1.165) is 12.2 Å². The van der Waals surface area contributed by atoms with Gasteiger partial charge in [-0.2, -0.15) is 5.10 Å². The first-order chi connectivity index (χ1) is 9.17. The molecule has 0 amide bonds. The fourth-order valence-electron chi connectivity index (χ4n) is 1.49. The number of hydrogen-bond donors (Lipinski definition) is 1. The van der Waals surface area contributed by atoms with E-state index in [2.05, 4.69) is 34.2 Å². The Balaban J connectivity index is 1.94. The Morgan fingerprint density at radius 1 is 1.26 bits per heavy atom. The average Bonchev–Trinajstić information content (AvgIpc) is 2.85. The smallest absolute Gasteiger partial charge is 0.238 e. The predicted molar refractivity (Wildman–Crippen MR) is 72.0 cm³/mol. The summed E-state index contributed by atoms with van der Waals surface area (Å²) in [6, 6.07) is 0.428. The molecule has 0 fully saturated rings. The zero-order chi connectivity index (χ0) is 13.7. The summed E-state index contributed by atoms with van der Waals surface area (Å²) in [5.74, 6) is 1.15. The van der Waals surface area contributed by atoms with Gasteiger partial charge in [0.25, 0.3) is 0 Å². The molecule has 0 atom stereocenters. The Kier molecular flexibility index (Phi) is 4.46. The van der Waals surface area contributed by atoms with Crippen molar-refractivity contribution in [3.8, 4) is 11.6 Å². The largest absolute Gasteiger partial charge is 0.434 e. The van der Waals surface area contributed by atoms with Crippen LogP contribution in [-0.4, -0.2) is 25.8 Å². The summed E-state index contributed by atoms with van der Waals surface area (Å²) in [6.45, 7) is 7.73. The standard InChI is InChI=1S/C13H19N5O/c1-4-18-9-12(7-17-18)19-13-8-15-11(6-16-13)5-14-10(2)3/h6-10,14H,4-5H2,1-3H3. The molecule has 2 rings (SSSR count). The van der Waals surface area contributed by atoms with Gasteiger partial charge in [0, 0.05) is 19.1 Å². The molecule has 2 aromatic heterocycles. The van der Waals surface area contributed by atoms with Crippen LogP contribution >= 0.6 is 0 Å². The van der Waals surface area contributed by atoms with Gasteiger partial charge in [0.2, 0.25) is 5.88 Å². The van der Waals surface area contributed by atoms with Gasteiger partial charge in [-0.1, -0.05) is 13.8 Å². The first-order valence-electron chi connectivity index (χ1n) is 6.42. The van der Waals surface area contributed by atoms with Crippen LogP contribution in [0.5, 0.6) is 11.6 Å². The van der Waals surface area contributed by atoms with Crippen LogP contribution in [-0.2, 0) is 13.1 Å². The van der Waals surface area contributed by atoms with E-state index in [1.165, 1.54) is 0 Å². The molecule has 0 spiro atoms. The van der Waals surface area contributed by atoms with Crippen molar-refractivity contribution >= 4 is 0 Å². The van der Waals surface area contributed by atoms with Crippen molar-refractivity contribution in [2.45, 2.75) is 39.9 Å². The molecule has 0 saturated heterocycles. The third kappa shape index (κ3) is 4.03. The van der Waals surface area contributed by atoms with Crippen LogP contribution in [0.3, 0.4) is 0 Å². The summed E-state index contributed by atoms with van der Waals surface area (Å²) in [5, 5.41) is 7.42. The van der Waals surface area contributed by atoms with Crippen LogP contribution in [0.1, 0.15) is 26.5 Å². The monoisotopic (exact) mass is 261 g/mol. The zero-order valence-electron chi connectivity index (χ0n) is 11.5. The highest BCUT2D eigenvalue weighted by molar-refractivity contribution is 5.19. The molecule has 102 valence electrons. The molecule has 0 radical (unpaired) electrons. The third-order valence-corrected chi connectivity index (χ3v) is 2.53. The number of nitrogens with zero attached hydrogens (tertiary/aromatic N) is 4. The minimum atomic E-state index is 0.428. The molecule has 0 aliphatic heterocycles. The second-order valence-electron chi connectivity index (χ2n) is 4.52. The van der Waals surface area contributed by atoms with E-state index in [1.807, 2.05) is 13.1 Å². The van der Waals surface area contributed by atoms with E-state index in [4.69, 9.17) is 4.74 Å². The number of aryl methyl sites for hydroxylation is 1. The molecule has 6 heteroatoms. The van der Waals surface area contributed by atoms with Crippen LogP contribution in [0.2, 0.25) is 0 Å². The van der Waals surface area contributed by atoms with Gasteiger partial charge in [-0.25, -0.2) is 4.98 Å². The lowest BCUT2D eigenvalue weighted by atomic mass is 10.3. The van der Waals surface area contributed by atoms with Crippen molar-refractivity contribution in [1.82, 2.24) is 25.1 Å². The summed E-state index contributed by atoms with van der Waals surface area (Å²) in [7, 11) is 0. The van der Waals surface area contributed by atoms with E-state index < -0.39 is 0 Å². The molecule has 2 heterocycles. The number of nitrogens with one attached hydrogen (secondary N) is 1. The van der Waals surface area contributed by atoms with Gasteiger partial charge in [0.05, 0.1) is 30.5 Å². The van der Waals surface area contributed by atoms with E-state index in [9.17, 15) is 0 Å². The lowest BCUT2D eigenvalue weighted by Crippen LogP contribution is -2.22. The van der Waals surface area contributed by atoms with E-state index in [0.29, 0.717) is 24.2 Å². The number of ether oxygens (including phenoxy) is 1. The Hall–Kier alpha value is -1.95. The molecule has 6 nitrogen and oxygen atoms in total. The Morgan fingerprint density at radius 3 is 2.68 bits per heavy atom. The summed E-state index contributed by atoms with van der Waals surface area (Å²) in [6.07, 6.45) is 6.84. The first-order valence-corrected chi connectivity index (χ1v) is 6.42. The van der Waals surface area contributed by atoms with Gasteiger partial charge in [0.1, 0.15) is 0 Å². The average molecular weight is 261 g/mol. The first kappa shape index (κ1) is 13.5. The normalized spacial score (nSPS) is 10.9. The van der Waals surface area contributed by atoms with Crippen LogP contribution in [0, 0.1) is 0 Å². The maximum absolute atomic E-state index is 5.56. The number of hydrogen-bond acceptors (Lipinski definition) is 5. The molecule has 2 aromatic rings. The van der Waals surface area contributed by atoms with Gasteiger partial charge < -0.3 is 10.1 Å². The third-order valence-electron chi connectivity index (χ3n) is 2.53. The summed E-state index contributed by atoms with van der Waals surface area (Å²) in [5.41, 5.74) is 0.894. The van der Waals surface area contributed by atoms with Crippen molar-refractivity contribution in [2.75, 3.05) is 0 Å². The van der Waals surface area contributed by atoms with Gasteiger partial charge in [-0.05, 0) is 6.92 Å². The maximum Gasteiger partial charge on any atom is 0.238 e. The van der Waals surface area contributed by atoms with Gasteiger partial charge in [-0.3, -0.25) is 9.67 Å². The molecule has 0 aromatic carbocycles. The fourth-order valence-corrected chi connectivity index (χ4v) is 1.49. The Bertz CT molecular complexity index is 506. The SMILES string of the molecule is CCn1cc(Oc2cnc(CNC(C)C)cn2)cn1. The van der Waals surface area contributed by atoms with Crippen molar-refractivity contribution in [2.24, 2.45) is 0 Å². The van der Waals surface area contributed by atoms with Crippen molar-refractivity contribution in [3.63, 3.8) is 0 Å². The van der Waals surface area contributed by atoms with Crippen LogP contribution in [0.25, 0.3) is 0 Å². The molecule has 0 aliphatic rings. The molecule has 19 heavy (non-hydrogen) atoms. The second-order valence-corrected chi connectivity index (χ2v) is 4.52. The van der Waals surface area contributed by atoms with Crippen molar-refractivity contribution in [3.05, 3.63) is 30.5 Å². The molecule has 0 saturated carbocycles. The molecule has 1 N–H and O–H groups in total. The van der Waals surface area contributed by atoms with Crippen molar-refractivity contribution in [1.29, 1.82) is 0 Å². The molecule has 0 bridgehead atoms. The van der Waals surface area contributed by atoms with E-state index in [1.54, 1.807) is 23.3 Å². The van der Waals surface area contributed by atoms with Crippen LogP contribution in [0.15, 0.2) is 24.8 Å². The van der Waals surface area contributed by atoms with E-state index >= 15 is 0 Å². The summed E-state index contributed by atoms with van der Waals surface area (Å²) < 4.78 is 7.36. The zero-order valence-corrected chi connectivity index (χ0v) is 11.5. The number of rotatable bonds is 6. The van der Waals surface area contributed by atoms with Crippen molar-refractivity contribution < 1.29 is 4.74 Å². The van der Waals surface area contributed by atoms with Crippen LogP contribution in [0.4, 0.5) is 0 Å². The van der Waals surface area contributed by atoms with E-state index in [-0.39, 0.29) is 0 Å². The van der Waals surface area contributed by atoms with Gasteiger partial charge in [-0.15, -0.1) is 0 Å². The lowest BCUT2D eigenvalue weighted by molar-refractivity contribution is 0.457. The quantitative estimate of drug-likeness (QED) is 0.861. The Labute approximate surface area is 112 Å². The molecule has 0 aliphatic carbocycles. The molecule has 0 unspecified atom stereocenters. The highest BCUT2D eigenvalue weighted by atomic mass is 16.5. The van der Waals surface area contributed by atoms with Gasteiger partial charge in [0.15, 0.2) is 5.75 Å². The molecular weight excluding hydrogens is 242 g/mol. The van der Waals surface area contributed by atoms with Crippen LogP contribution < -0.4 is 10.1 Å². The fraction of sp³-hybridized carbons (Fsp3) is 0.462. The minimum Gasteiger partial charge on any atom is -0.434 e. The second kappa shape index (κ2) is 6.29. The minimum absolute atomic E-state index is 0.428. The highest BCUT2D eigenvalue weighted by Crippen LogP contribution is 2.17. The highest BCUT2D eigenvalue weighted by Gasteiger charge is 2.03. The maximum atomic E-state index is 5.56. The van der Waals surface area contributed by atoms with Gasteiger partial charge >= 0.3 is 0 Å². The summed E-state index contributed by atoms with van der Waals surface area (Å²) in [4.78, 5) is 8.52.